The molecule has 0 aliphatic carbocycles. The summed E-state index contributed by atoms with van der Waals surface area (Å²) in [4.78, 5) is 34.8. The Hall–Kier alpha value is -4.40. The molecule has 12 heteroatoms. The van der Waals surface area contributed by atoms with Crippen molar-refractivity contribution in [2.75, 3.05) is 23.3 Å². The molecule has 0 atom stereocenters. The number of hydrogen-bond acceptors (Lipinski definition) is 9. The Morgan fingerprint density at radius 1 is 1.09 bits per heavy atom. The van der Waals surface area contributed by atoms with Crippen molar-refractivity contribution in [1.82, 2.24) is 0 Å². The molecule has 0 unspecified atom stereocenters. The highest BCUT2D eigenvalue weighted by Crippen LogP contribution is 2.38. The van der Waals surface area contributed by atoms with Crippen molar-refractivity contribution in [3.05, 3.63) is 56.1 Å². The number of anilines is 2. The van der Waals surface area contributed by atoms with E-state index in [1.165, 1.54) is 0 Å². The van der Waals surface area contributed by atoms with Crippen LogP contribution in [0.1, 0.15) is 32.8 Å². The highest BCUT2D eigenvalue weighted by molar-refractivity contribution is 5.94. The fraction of sp³-hybridized carbons (Fsp3) is 0.300. The predicted octanol–water partition coefficient (Wildman–Crippen LogP) is 4.98. The SMILES string of the molecule is CCC(=O)Nc1cc(N(CC)CC)ccc1/N=N/c1c(C#N)cc([N+](=O)[O-])cc1[N+](=O)[O-]. The second kappa shape index (κ2) is 10.6. The summed E-state index contributed by atoms with van der Waals surface area (Å²) in [5, 5.41) is 42.4. The highest BCUT2D eigenvalue weighted by Gasteiger charge is 2.24. The number of hydrogen-bond donors (Lipinski definition) is 1. The lowest BCUT2D eigenvalue weighted by Gasteiger charge is -2.22. The summed E-state index contributed by atoms with van der Waals surface area (Å²) in [6, 6.07) is 8.36. The van der Waals surface area contributed by atoms with E-state index >= 15 is 0 Å². The number of non-ortho nitro benzene ring substituents is 1. The average Bonchev–Trinajstić information content (AvgIpc) is 2.78. The van der Waals surface area contributed by atoms with E-state index in [4.69, 9.17) is 0 Å². The van der Waals surface area contributed by atoms with Crippen LogP contribution in [-0.4, -0.2) is 28.8 Å². The van der Waals surface area contributed by atoms with Crippen molar-refractivity contribution in [2.24, 2.45) is 10.2 Å². The number of carbonyl (C=O) groups excluding carboxylic acids is 1. The van der Waals surface area contributed by atoms with E-state index in [0.717, 1.165) is 30.9 Å². The maximum absolute atomic E-state index is 12.0. The van der Waals surface area contributed by atoms with Crippen molar-refractivity contribution in [2.45, 2.75) is 27.2 Å². The molecule has 166 valence electrons. The molecule has 0 fully saturated rings. The molecule has 0 bridgehead atoms. The zero-order valence-corrected chi connectivity index (χ0v) is 17.7. The molecule has 1 N–H and O–H groups in total. The minimum Gasteiger partial charge on any atom is -0.372 e. The number of azo groups is 1. The van der Waals surface area contributed by atoms with Gasteiger partial charge in [-0.15, -0.1) is 10.2 Å². The van der Waals surface area contributed by atoms with Crippen LogP contribution in [0.4, 0.5) is 34.1 Å². The van der Waals surface area contributed by atoms with Crippen molar-refractivity contribution in [3.63, 3.8) is 0 Å². The molecule has 32 heavy (non-hydrogen) atoms. The molecule has 2 aromatic rings. The Morgan fingerprint density at radius 2 is 1.78 bits per heavy atom. The van der Waals surface area contributed by atoms with Crippen LogP contribution in [0.2, 0.25) is 0 Å². The zero-order valence-electron chi connectivity index (χ0n) is 17.7. The van der Waals surface area contributed by atoms with Crippen molar-refractivity contribution in [1.29, 1.82) is 5.26 Å². The van der Waals surface area contributed by atoms with Gasteiger partial charge in [0.25, 0.3) is 5.69 Å². The summed E-state index contributed by atoms with van der Waals surface area (Å²) in [6.45, 7) is 7.12. The first-order valence-electron chi connectivity index (χ1n) is 9.73. The van der Waals surface area contributed by atoms with Crippen molar-refractivity contribution in [3.8, 4) is 6.07 Å². The van der Waals surface area contributed by atoms with Gasteiger partial charge in [0.1, 0.15) is 11.8 Å². The maximum atomic E-state index is 12.0. The van der Waals surface area contributed by atoms with Crippen LogP contribution in [0, 0.1) is 31.6 Å². The van der Waals surface area contributed by atoms with E-state index in [0.29, 0.717) is 5.69 Å². The third kappa shape index (κ3) is 5.39. The van der Waals surface area contributed by atoms with Gasteiger partial charge in [0.15, 0.2) is 5.69 Å². The lowest BCUT2D eigenvalue weighted by Crippen LogP contribution is -2.22. The standard InChI is InChI=1S/C20H21N7O5/c1-4-19(28)22-17-10-14(25(5-2)6-3)7-8-16(17)23-24-20-13(12-21)9-15(26(29)30)11-18(20)27(31)32/h7-11H,4-6H2,1-3H3,(H,22,28)/b24-23+. The summed E-state index contributed by atoms with van der Waals surface area (Å²) in [5.41, 5.74) is -0.728. The Balaban J connectivity index is 2.61. The molecular weight excluding hydrogens is 418 g/mol. The average molecular weight is 439 g/mol. The van der Waals surface area contributed by atoms with Crippen molar-refractivity contribution >= 4 is 40.0 Å². The third-order valence-corrected chi connectivity index (χ3v) is 4.56. The Labute approximate surface area is 183 Å². The normalized spacial score (nSPS) is 10.6. The first kappa shape index (κ1) is 23.9. The Kier molecular flexibility index (Phi) is 7.89. The third-order valence-electron chi connectivity index (χ3n) is 4.56. The highest BCUT2D eigenvalue weighted by atomic mass is 16.6. The van der Waals surface area contributed by atoms with E-state index in [1.54, 1.807) is 31.2 Å². The second-order valence-corrected chi connectivity index (χ2v) is 6.46. The summed E-state index contributed by atoms with van der Waals surface area (Å²) in [6.07, 6.45) is 0.221. The molecule has 0 heterocycles. The topological polar surface area (TPSA) is 167 Å². The smallest absolute Gasteiger partial charge is 0.304 e. The number of amides is 1. The molecule has 0 saturated carbocycles. The number of nitro benzene ring substituents is 2. The van der Waals surface area contributed by atoms with Crippen LogP contribution in [0.15, 0.2) is 40.6 Å². The number of carbonyl (C=O) groups is 1. The van der Waals surface area contributed by atoms with Crippen LogP contribution >= 0.6 is 0 Å². The van der Waals surface area contributed by atoms with Gasteiger partial charge in [0.2, 0.25) is 5.91 Å². The first-order chi connectivity index (χ1) is 15.2. The van der Waals surface area contributed by atoms with E-state index in [-0.39, 0.29) is 23.6 Å². The molecule has 1 amide bonds. The summed E-state index contributed by atoms with van der Waals surface area (Å²) in [7, 11) is 0. The zero-order chi connectivity index (χ0) is 23.8. The predicted molar refractivity (Wildman–Crippen MR) is 118 cm³/mol. The molecule has 2 rings (SSSR count). The molecule has 0 radical (unpaired) electrons. The van der Waals surface area contributed by atoms with Crippen LogP contribution in [0.3, 0.4) is 0 Å². The second-order valence-electron chi connectivity index (χ2n) is 6.46. The molecule has 12 nitrogen and oxygen atoms in total. The van der Waals surface area contributed by atoms with Crippen LogP contribution in [0.5, 0.6) is 0 Å². The van der Waals surface area contributed by atoms with E-state index < -0.39 is 26.9 Å². The van der Waals surface area contributed by atoms with Gasteiger partial charge in [-0.2, -0.15) is 5.26 Å². The molecule has 0 saturated heterocycles. The fourth-order valence-corrected chi connectivity index (χ4v) is 2.88. The number of rotatable bonds is 9. The van der Waals surface area contributed by atoms with Crippen molar-refractivity contribution < 1.29 is 14.6 Å². The van der Waals surface area contributed by atoms with Crippen LogP contribution < -0.4 is 10.2 Å². The maximum Gasteiger partial charge on any atom is 0.304 e. The van der Waals surface area contributed by atoms with Gasteiger partial charge in [-0.1, -0.05) is 6.92 Å². The summed E-state index contributed by atoms with van der Waals surface area (Å²) >= 11 is 0. The molecule has 0 aliphatic rings. The molecule has 0 aliphatic heterocycles. The minimum atomic E-state index is -0.870. The number of nitriles is 1. The molecule has 0 spiro atoms. The largest absolute Gasteiger partial charge is 0.372 e. The Morgan fingerprint density at radius 3 is 2.31 bits per heavy atom. The number of benzene rings is 2. The number of nitrogens with one attached hydrogen (secondary N) is 1. The van der Waals surface area contributed by atoms with Gasteiger partial charge in [-0.05, 0) is 32.0 Å². The van der Waals surface area contributed by atoms with Gasteiger partial charge in [-0.3, -0.25) is 25.0 Å². The summed E-state index contributed by atoms with van der Waals surface area (Å²) < 4.78 is 0. The van der Waals surface area contributed by atoms with Crippen LogP contribution in [0.25, 0.3) is 0 Å². The molecule has 2 aromatic carbocycles. The lowest BCUT2D eigenvalue weighted by atomic mass is 10.1. The van der Waals surface area contributed by atoms with Gasteiger partial charge in [0.05, 0.1) is 27.2 Å². The summed E-state index contributed by atoms with van der Waals surface area (Å²) in [5.74, 6) is -0.267. The fourth-order valence-electron chi connectivity index (χ4n) is 2.88. The van der Waals surface area contributed by atoms with Gasteiger partial charge >= 0.3 is 5.69 Å². The van der Waals surface area contributed by atoms with Gasteiger partial charge in [-0.25, -0.2) is 0 Å². The van der Waals surface area contributed by atoms with E-state index in [2.05, 4.69) is 20.4 Å². The van der Waals surface area contributed by atoms with E-state index in [9.17, 15) is 30.3 Å². The molecule has 0 aromatic heterocycles. The lowest BCUT2D eigenvalue weighted by molar-refractivity contribution is -0.393. The van der Waals surface area contributed by atoms with Crippen LogP contribution in [-0.2, 0) is 4.79 Å². The quantitative estimate of drug-likeness (QED) is 0.326. The van der Waals surface area contributed by atoms with Gasteiger partial charge < -0.3 is 10.2 Å². The monoisotopic (exact) mass is 439 g/mol. The first-order valence-corrected chi connectivity index (χ1v) is 9.73. The number of nitrogens with zero attached hydrogens (tertiary/aromatic N) is 6. The Bertz CT molecular complexity index is 1120. The molecular formula is C20H21N7O5. The van der Waals surface area contributed by atoms with E-state index in [1.807, 2.05) is 13.8 Å². The van der Waals surface area contributed by atoms with Gasteiger partial charge in [0, 0.05) is 31.3 Å². The minimum absolute atomic E-state index is 0.208. The number of nitro groups is 2.